The van der Waals surface area contributed by atoms with Crippen molar-refractivity contribution in [1.29, 1.82) is 0 Å². The maximum atomic E-state index is 13.1. The summed E-state index contributed by atoms with van der Waals surface area (Å²) in [6, 6.07) is 2.96. The Labute approximate surface area is 151 Å². The lowest BCUT2D eigenvalue weighted by Gasteiger charge is -2.55. The van der Waals surface area contributed by atoms with E-state index in [1.54, 1.807) is 18.2 Å². The topological polar surface area (TPSA) is 78.7 Å². The van der Waals surface area contributed by atoms with Gasteiger partial charge in [0.25, 0.3) is 5.69 Å². The summed E-state index contributed by atoms with van der Waals surface area (Å²) in [5.41, 5.74) is 0.0947. The van der Waals surface area contributed by atoms with E-state index in [0.29, 0.717) is 34.8 Å². The summed E-state index contributed by atoms with van der Waals surface area (Å²) < 4.78 is 10.5. The van der Waals surface area contributed by atoms with E-state index >= 15 is 0 Å². The van der Waals surface area contributed by atoms with Gasteiger partial charge < -0.3 is 9.47 Å². The smallest absolute Gasteiger partial charge is 0.280 e. The molecule has 0 aromatic heterocycles. The van der Waals surface area contributed by atoms with Crippen LogP contribution in [-0.2, 0) is 4.79 Å². The molecule has 1 aliphatic heterocycles. The van der Waals surface area contributed by atoms with Crippen molar-refractivity contribution in [3.63, 3.8) is 0 Å². The van der Waals surface area contributed by atoms with E-state index in [1.807, 2.05) is 0 Å². The fourth-order valence-corrected chi connectivity index (χ4v) is 5.99. The van der Waals surface area contributed by atoms with Crippen molar-refractivity contribution in [2.24, 2.45) is 23.2 Å². The monoisotopic (exact) mass is 355 g/mol. The summed E-state index contributed by atoms with van der Waals surface area (Å²) in [7, 11) is 0. The number of benzene rings is 1. The highest BCUT2D eigenvalue weighted by Gasteiger charge is 2.53. The molecule has 4 saturated carbocycles. The molecule has 0 saturated heterocycles. The standard InChI is InChI=1S/C20H21NO5/c22-19(20-8-12-3-13(9-20)5-14(4-12)10-20)2-1-15-6-17-18(26-11-25-17)7-16(15)21(23)24/h1-2,6-7,12-14H,3-5,8-11H2/b2-1+. The minimum atomic E-state index is -0.448. The van der Waals surface area contributed by atoms with Crippen molar-refractivity contribution in [1.82, 2.24) is 0 Å². The Balaban J connectivity index is 1.44. The van der Waals surface area contributed by atoms with Gasteiger partial charge in [-0.15, -0.1) is 0 Å². The molecule has 1 aromatic rings. The average Bonchev–Trinajstić information content (AvgIpc) is 3.04. The number of nitrogens with zero attached hydrogens (tertiary/aromatic N) is 1. The maximum Gasteiger partial charge on any atom is 0.280 e. The van der Waals surface area contributed by atoms with Crippen molar-refractivity contribution in [3.05, 3.63) is 33.9 Å². The second-order valence-corrected chi connectivity index (χ2v) is 8.42. The Morgan fingerprint density at radius 2 is 1.65 bits per heavy atom. The van der Waals surface area contributed by atoms with Crippen LogP contribution in [0.1, 0.15) is 44.1 Å². The zero-order valence-electron chi connectivity index (χ0n) is 14.5. The third-order valence-electron chi connectivity index (χ3n) is 6.69. The van der Waals surface area contributed by atoms with Crippen LogP contribution in [0.2, 0.25) is 0 Å². The molecule has 0 amide bonds. The normalized spacial score (nSPS) is 33.8. The SMILES string of the molecule is O=C(/C=C/c1cc2c(cc1[N+](=O)[O-])OCO2)C12CC3CC(CC(C3)C1)C2. The molecule has 26 heavy (non-hydrogen) atoms. The lowest BCUT2D eigenvalue weighted by molar-refractivity contribution is -0.385. The Bertz CT molecular complexity index is 792. The molecule has 0 radical (unpaired) electrons. The number of ketones is 1. The molecule has 0 N–H and O–H groups in total. The van der Waals surface area contributed by atoms with Crippen LogP contribution in [0.15, 0.2) is 18.2 Å². The molecule has 6 rings (SSSR count). The van der Waals surface area contributed by atoms with E-state index in [0.717, 1.165) is 19.3 Å². The number of hydrogen-bond donors (Lipinski definition) is 0. The van der Waals surface area contributed by atoms with Gasteiger partial charge in [-0.05, 0) is 74.5 Å². The molecule has 6 heteroatoms. The van der Waals surface area contributed by atoms with E-state index in [1.165, 1.54) is 25.3 Å². The number of hydrogen-bond acceptors (Lipinski definition) is 5. The zero-order valence-corrected chi connectivity index (χ0v) is 14.5. The molecule has 4 fully saturated rings. The fraction of sp³-hybridized carbons (Fsp3) is 0.550. The average molecular weight is 355 g/mol. The van der Waals surface area contributed by atoms with Gasteiger partial charge >= 0.3 is 0 Å². The molecular formula is C20H21NO5. The molecule has 1 aromatic carbocycles. The molecule has 1 heterocycles. The van der Waals surface area contributed by atoms with E-state index < -0.39 is 4.92 Å². The summed E-state index contributed by atoms with van der Waals surface area (Å²) >= 11 is 0. The Morgan fingerprint density at radius 3 is 2.23 bits per heavy atom. The summed E-state index contributed by atoms with van der Waals surface area (Å²) in [6.45, 7) is 0.0614. The van der Waals surface area contributed by atoms with Crippen molar-refractivity contribution >= 4 is 17.5 Å². The number of carbonyl (C=O) groups is 1. The first kappa shape index (κ1) is 15.9. The van der Waals surface area contributed by atoms with Crippen LogP contribution in [0, 0.1) is 33.3 Å². The predicted molar refractivity (Wildman–Crippen MR) is 93.9 cm³/mol. The van der Waals surface area contributed by atoms with Crippen LogP contribution in [0.3, 0.4) is 0 Å². The minimum absolute atomic E-state index is 0.0614. The van der Waals surface area contributed by atoms with E-state index in [9.17, 15) is 14.9 Å². The van der Waals surface area contributed by atoms with E-state index in [-0.39, 0.29) is 23.7 Å². The molecule has 136 valence electrons. The van der Waals surface area contributed by atoms with Gasteiger partial charge in [-0.1, -0.05) is 0 Å². The lowest BCUT2D eigenvalue weighted by Crippen LogP contribution is -2.49. The number of rotatable bonds is 4. The van der Waals surface area contributed by atoms with Crippen LogP contribution < -0.4 is 9.47 Å². The second-order valence-electron chi connectivity index (χ2n) is 8.42. The molecule has 0 unspecified atom stereocenters. The molecule has 4 bridgehead atoms. The quantitative estimate of drug-likeness (QED) is 0.461. The first-order valence-corrected chi connectivity index (χ1v) is 9.33. The summed E-state index contributed by atoms with van der Waals surface area (Å²) in [5.74, 6) is 3.08. The minimum Gasteiger partial charge on any atom is -0.454 e. The Morgan fingerprint density at radius 1 is 1.08 bits per heavy atom. The third kappa shape index (κ3) is 2.42. The second kappa shape index (κ2) is 5.56. The van der Waals surface area contributed by atoms with Gasteiger partial charge in [0.1, 0.15) is 0 Å². The van der Waals surface area contributed by atoms with Gasteiger partial charge in [-0.25, -0.2) is 0 Å². The number of nitro groups is 1. The van der Waals surface area contributed by atoms with Gasteiger partial charge in [-0.3, -0.25) is 14.9 Å². The molecular weight excluding hydrogens is 334 g/mol. The van der Waals surface area contributed by atoms with Crippen molar-refractivity contribution in [2.45, 2.75) is 38.5 Å². The van der Waals surface area contributed by atoms with E-state index in [4.69, 9.17) is 9.47 Å². The molecule has 6 nitrogen and oxygen atoms in total. The number of carbonyl (C=O) groups excluding carboxylic acids is 1. The van der Waals surface area contributed by atoms with Gasteiger partial charge in [0, 0.05) is 5.41 Å². The van der Waals surface area contributed by atoms with Crippen LogP contribution in [-0.4, -0.2) is 17.5 Å². The third-order valence-corrected chi connectivity index (χ3v) is 6.69. The summed E-state index contributed by atoms with van der Waals surface area (Å²) in [6.07, 6.45) is 9.97. The zero-order chi connectivity index (χ0) is 17.9. The number of nitro benzene ring substituents is 1. The van der Waals surface area contributed by atoms with Gasteiger partial charge in [-0.2, -0.15) is 0 Å². The predicted octanol–water partition coefficient (Wildman–Crippen LogP) is 4.12. The van der Waals surface area contributed by atoms with E-state index in [2.05, 4.69) is 0 Å². The first-order chi connectivity index (χ1) is 12.5. The fourth-order valence-electron chi connectivity index (χ4n) is 5.99. The van der Waals surface area contributed by atoms with Crippen molar-refractivity contribution < 1.29 is 19.2 Å². The first-order valence-electron chi connectivity index (χ1n) is 9.33. The highest BCUT2D eigenvalue weighted by Crippen LogP contribution is 2.60. The lowest BCUT2D eigenvalue weighted by atomic mass is 9.48. The summed E-state index contributed by atoms with van der Waals surface area (Å²) in [4.78, 5) is 24.0. The number of allylic oxidation sites excluding steroid dienone is 1. The number of fused-ring (bicyclic) bond motifs is 1. The van der Waals surface area contributed by atoms with Crippen molar-refractivity contribution in [2.75, 3.05) is 6.79 Å². The van der Waals surface area contributed by atoms with Crippen molar-refractivity contribution in [3.8, 4) is 11.5 Å². The van der Waals surface area contributed by atoms with Gasteiger partial charge in [0.05, 0.1) is 16.6 Å². The van der Waals surface area contributed by atoms with Gasteiger partial charge in [0.15, 0.2) is 17.3 Å². The van der Waals surface area contributed by atoms with Crippen LogP contribution >= 0.6 is 0 Å². The van der Waals surface area contributed by atoms with Crippen LogP contribution in [0.4, 0.5) is 5.69 Å². The largest absolute Gasteiger partial charge is 0.454 e. The van der Waals surface area contributed by atoms with Gasteiger partial charge in [0.2, 0.25) is 6.79 Å². The maximum absolute atomic E-state index is 13.1. The molecule has 0 atom stereocenters. The Kier molecular flexibility index (Phi) is 3.39. The van der Waals surface area contributed by atoms with Crippen LogP contribution in [0.25, 0.3) is 6.08 Å². The summed E-state index contributed by atoms with van der Waals surface area (Å²) in [5, 5.41) is 11.4. The Hall–Kier alpha value is -2.37. The van der Waals surface area contributed by atoms with Crippen LogP contribution in [0.5, 0.6) is 11.5 Å². The highest BCUT2D eigenvalue weighted by molar-refractivity contribution is 5.99. The number of ether oxygens (including phenoxy) is 2. The highest BCUT2D eigenvalue weighted by atomic mass is 16.7. The molecule has 4 aliphatic carbocycles. The molecule has 5 aliphatic rings. The molecule has 0 spiro atoms.